The van der Waals surface area contributed by atoms with Crippen LogP contribution in [0.25, 0.3) is 10.6 Å². The number of rotatable bonds is 1. The van der Waals surface area contributed by atoms with Gasteiger partial charge in [-0.3, -0.25) is 0 Å². The molecule has 2 aliphatic rings. The van der Waals surface area contributed by atoms with Crippen LogP contribution in [0.2, 0.25) is 0 Å². The molecule has 2 nitrogen and oxygen atoms in total. The summed E-state index contributed by atoms with van der Waals surface area (Å²) in [5, 5.41) is 8.99. The Kier molecular flexibility index (Phi) is 7.58. The zero-order valence-electron chi connectivity index (χ0n) is 8.30. The summed E-state index contributed by atoms with van der Waals surface area (Å²) >= 11 is 0.757. The van der Waals surface area contributed by atoms with E-state index in [1.165, 1.54) is 25.0 Å². The summed E-state index contributed by atoms with van der Waals surface area (Å²) in [4.78, 5) is 0. The third-order valence-corrected chi connectivity index (χ3v) is 2.36. The zero-order valence-corrected chi connectivity index (χ0v) is 10.8. The van der Waals surface area contributed by atoms with Crippen LogP contribution in [0.1, 0.15) is 19.3 Å². The summed E-state index contributed by atoms with van der Waals surface area (Å²) in [6, 6.07) is 0.406. The molecule has 0 radical (unpaired) electrons. The average molecular weight is 297 g/mol. The fourth-order valence-electron chi connectivity index (χ4n) is 1.68. The monoisotopic (exact) mass is 295 g/mol. The van der Waals surface area contributed by atoms with Crippen molar-refractivity contribution in [3.63, 3.8) is 0 Å². The first-order valence-electron chi connectivity index (χ1n) is 4.90. The van der Waals surface area contributed by atoms with Crippen molar-refractivity contribution in [2.45, 2.75) is 25.3 Å². The van der Waals surface area contributed by atoms with Gasteiger partial charge in [0.05, 0.1) is 0 Å². The number of halogens is 2. The molecule has 0 amide bonds. The van der Waals surface area contributed by atoms with Crippen molar-refractivity contribution in [3.8, 4) is 0 Å². The van der Waals surface area contributed by atoms with Crippen molar-refractivity contribution in [1.82, 2.24) is 0 Å². The minimum atomic E-state index is 0.406. The van der Waals surface area contributed by atoms with Crippen LogP contribution in [0.3, 0.4) is 0 Å². The van der Waals surface area contributed by atoms with E-state index < -0.39 is 0 Å². The van der Waals surface area contributed by atoms with E-state index in [2.05, 4.69) is 49.1 Å². The molecule has 0 bridgehead atoms. The molecule has 0 aromatic rings. The van der Waals surface area contributed by atoms with Crippen LogP contribution in [-0.4, -0.2) is 19.1 Å². The second kappa shape index (κ2) is 8.49. The maximum absolute atomic E-state index is 4.67. The van der Waals surface area contributed by atoms with Gasteiger partial charge in [0.15, 0.2) is 0 Å². The van der Waals surface area contributed by atoms with E-state index in [0.717, 1.165) is 26.2 Å². The van der Waals surface area contributed by atoms with Crippen LogP contribution in [0.15, 0.2) is 23.9 Å². The molecule has 15 heavy (non-hydrogen) atoms. The molecular weight excluding hydrogens is 283 g/mol. The van der Waals surface area contributed by atoms with E-state index in [4.69, 9.17) is 0 Å². The molecule has 0 spiro atoms. The maximum atomic E-state index is 4.67. The van der Waals surface area contributed by atoms with Crippen molar-refractivity contribution in [2.24, 2.45) is 0 Å². The van der Waals surface area contributed by atoms with Gasteiger partial charge in [-0.1, -0.05) is 31.4 Å². The first kappa shape index (κ1) is 13.4. The molecule has 0 aromatic heterocycles. The van der Waals surface area contributed by atoms with Gasteiger partial charge in [0.1, 0.15) is 0 Å². The third-order valence-electron chi connectivity index (χ3n) is 2.36. The molecular formula is C10H14Cl2CuN2-2. The fourth-order valence-corrected chi connectivity index (χ4v) is 1.68. The predicted molar refractivity (Wildman–Crippen MR) is 63.0 cm³/mol. The van der Waals surface area contributed by atoms with Gasteiger partial charge in [-0.15, -0.1) is 25.2 Å². The van der Waals surface area contributed by atoms with E-state index in [-0.39, 0.29) is 0 Å². The van der Waals surface area contributed by atoms with Gasteiger partial charge in [0, 0.05) is 0 Å². The summed E-state index contributed by atoms with van der Waals surface area (Å²) in [5.74, 6) is 0. The number of allylic oxidation sites excluding steroid dienone is 2. The molecule has 2 heterocycles. The summed E-state index contributed by atoms with van der Waals surface area (Å²) in [6.45, 7) is 1.87. The Morgan fingerprint density at radius 2 is 2.13 bits per heavy atom. The molecule has 2 aliphatic heterocycles. The van der Waals surface area contributed by atoms with Crippen LogP contribution < -0.4 is 0 Å². The second-order valence-electron chi connectivity index (χ2n) is 3.32. The summed E-state index contributed by atoms with van der Waals surface area (Å²) in [5.41, 5.74) is 1.19. The topological polar surface area (TPSA) is 28.2 Å². The van der Waals surface area contributed by atoms with Crippen LogP contribution in [-0.2, 0) is 13.1 Å². The Morgan fingerprint density at radius 3 is 2.67 bits per heavy atom. The van der Waals surface area contributed by atoms with E-state index in [0.29, 0.717) is 6.04 Å². The Hall–Kier alpha value is 0.339. The summed E-state index contributed by atoms with van der Waals surface area (Å²) in [6.07, 6.45) is 10.0. The van der Waals surface area contributed by atoms with Crippen molar-refractivity contribution in [1.29, 1.82) is 0 Å². The Labute approximate surface area is 106 Å². The molecule has 0 aliphatic carbocycles. The molecule has 0 aromatic carbocycles. The van der Waals surface area contributed by atoms with Crippen LogP contribution in [0.5, 0.6) is 0 Å². The third kappa shape index (κ3) is 5.28. The van der Waals surface area contributed by atoms with Crippen LogP contribution >= 0.6 is 20.2 Å². The molecule has 1 fully saturated rings. The quantitative estimate of drug-likeness (QED) is 0.651. The standard InChI is InChI=1S/C10H14N2.2ClH.Cu/c1-3-7-11-9(5-1)10-6-2-4-8-12-10;;;/h1,3,5,10H,2,4,6-8H2;2*1H;/q-2;;;+2/p-2. The molecule has 1 saturated heterocycles. The van der Waals surface area contributed by atoms with Crippen LogP contribution in [0.4, 0.5) is 0 Å². The molecule has 0 N–H and O–H groups in total. The summed E-state index contributed by atoms with van der Waals surface area (Å²) in [7, 11) is 9.34. The van der Waals surface area contributed by atoms with Crippen molar-refractivity contribution < 1.29 is 13.1 Å². The first-order chi connectivity index (χ1) is 7.38. The predicted octanol–water partition coefficient (Wildman–Crippen LogP) is 4.12. The van der Waals surface area contributed by atoms with E-state index in [1.54, 1.807) is 0 Å². The number of nitrogens with zero attached hydrogens (tertiary/aromatic N) is 2. The Bertz CT molecular complexity index is 225. The number of hydrogen-bond donors (Lipinski definition) is 0. The number of piperidine rings is 1. The summed E-state index contributed by atoms with van der Waals surface area (Å²) < 4.78 is 0. The molecule has 1 unspecified atom stereocenters. The van der Waals surface area contributed by atoms with Gasteiger partial charge in [-0.2, -0.15) is 5.70 Å². The normalized spacial score (nSPS) is 24.9. The SMILES string of the molecule is C1=CC[N-]C(C2CCCC[N-]2)=C1.[Cl][Cu][Cl]. The molecule has 91 valence electrons. The second-order valence-corrected chi connectivity index (χ2v) is 4.88. The van der Waals surface area contributed by atoms with Gasteiger partial charge in [0.25, 0.3) is 0 Å². The van der Waals surface area contributed by atoms with E-state index >= 15 is 0 Å². The molecule has 0 saturated carbocycles. The van der Waals surface area contributed by atoms with E-state index in [9.17, 15) is 0 Å². The van der Waals surface area contributed by atoms with Gasteiger partial charge >= 0.3 is 33.3 Å². The average Bonchev–Trinajstić information content (AvgIpc) is 2.32. The first-order valence-corrected chi connectivity index (χ1v) is 7.49. The van der Waals surface area contributed by atoms with Gasteiger partial charge in [-0.25, -0.2) is 0 Å². The molecule has 5 heteroatoms. The van der Waals surface area contributed by atoms with Crippen molar-refractivity contribution in [2.75, 3.05) is 13.1 Å². The van der Waals surface area contributed by atoms with Gasteiger partial charge < -0.3 is 10.6 Å². The molecule has 1 atom stereocenters. The van der Waals surface area contributed by atoms with Crippen molar-refractivity contribution >= 4 is 20.2 Å². The van der Waals surface area contributed by atoms with Crippen molar-refractivity contribution in [3.05, 3.63) is 34.6 Å². The Balaban J connectivity index is 0.000000337. The molecule has 2 rings (SSSR count). The van der Waals surface area contributed by atoms with E-state index in [1.807, 2.05) is 0 Å². The fraction of sp³-hybridized carbons (Fsp3) is 0.600. The van der Waals surface area contributed by atoms with Gasteiger partial charge in [-0.05, 0) is 0 Å². The minimum absolute atomic E-state index is 0.406. The zero-order chi connectivity index (χ0) is 10.9. The number of hydrogen-bond acceptors (Lipinski definition) is 0. The van der Waals surface area contributed by atoms with Crippen LogP contribution in [0, 0.1) is 0 Å². The Morgan fingerprint density at radius 1 is 1.33 bits per heavy atom. The van der Waals surface area contributed by atoms with Gasteiger partial charge in [0.2, 0.25) is 0 Å².